The van der Waals surface area contributed by atoms with Gasteiger partial charge >= 0.3 is 12.4 Å². The summed E-state index contributed by atoms with van der Waals surface area (Å²) in [6.45, 7) is 0. The van der Waals surface area contributed by atoms with Gasteiger partial charge < -0.3 is 14.4 Å². The van der Waals surface area contributed by atoms with E-state index < -0.39 is 24.0 Å². The molecule has 158 valence electrons. The number of aromatic amines is 2. The Morgan fingerprint density at radius 2 is 1.06 bits per heavy atom. The van der Waals surface area contributed by atoms with Gasteiger partial charge in [0.2, 0.25) is 23.4 Å². The van der Waals surface area contributed by atoms with Crippen LogP contribution in [-0.4, -0.2) is 30.1 Å². The molecule has 0 saturated carbocycles. The summed E-state index contributed by atoms with van der Waals surface area (Å²) in [5, 5.41) is 7.74. The minimum absolute atomic E-state index is 0.0146. The normalized spacial score (nSPS) is 12.8. The molecule has 0 spiro atoms. The highest BCUT2D eigenvalue weighted by Gasteiger charge is 2.35. The predicted octanol–water partition coefficient (Wildman–Crippen LogP) is 5.19. The van der Waals surface area contributed by atoms with E-state index in [2.05, 4.69) is 30.1 Å². The van der Waals surface area contributed by atoms with Gasteiger partial charge in [-0.05, 0) is 36.4 Å². The van der Waals surface area contributed by atoms with Crippen LogP contribution >= 0.6 is 0 Å². The molecule has 31 heavy (non-hydrogen) atoms. The molecule has 2 aromatic carbocycles. The van der Waals surface area contributed by atoms with Crippen molar-refractivity contribution in [3.8, 4) is 22.9 Å². The summed E-state index contributed by atoms with van der Waals surface area (Å²) in [5.74, 6) is -2.23. The third-order valence-corrected chi connectivity index (χ3v) is 4.42. The number of hydrogen-bond acceptors (Lipinski definition) is 5. The zero-order valence-electron chi connectivity index (χ0n) is 14.9. The van der Waals surface area contributed by atoms with Crippen molar-refractivity contribution in [3.05, 3.63) is 48.0 Å². The number of aromatic nitrogens is 6. The van der Waals surface area contributed by atoms with Crippen LogP contribution in [0.5, 0.6) is 0 Å². The van der Waals surface area contributed by atoms with Gasteiger partial charge in [0.05, 0.1) is 22.1 Å². The van der Waals surface area contributed by atoms with E-state index in [1.54, 1.807) is 0 Å². The van der Waals surface area contributed by atoms with Crippen molar-refractivity contribution >= 4 is 22.1 Å². The fourth-order valence-corrected chi connectivity index (χ4v) is 3.01. The van der Waals surface area contributed by atoms with E-state index in [4.69, 9.17) is 4.42 Å². The van der Waals surface area contributed by atoms with Crippen molar-refractivity contribution in [3.63, 3.8) is 0 Å². The van der Waals surface area contributed by atoms with E-state index in [9.17, 15) is 26.3 Å². The minimum Gasteiger partial charge on any atom is -0.416 e. The Morgan fingerprint density at radius 1 is 0.645 bits per heavy atom. The number of alkyl halides is 6. The number of rotatable bonds is 2. The number of nitrogens with one attached hydrogen (secondary N) is 2. The van der Waals surface area contributed by atoms with E-state index in [1.807, 2.05) is 0 Å². The van der Waals surface area contributed by atoms with Gasteiger partial charge in [0, 0.05) is 11.1 Å². The van der Waals surface area contributed by atoms with Crippen molar-refractivity contribution in [2.45, 2.75) is 12.4 Å². The molecule has 3 heterocycles. The highest BCUT2D eigenvalue weighted by atomic mass is 19.4. The van der Waals surface area contributed by atoms with E-state index in [-0.39, 0.29) is 33.8 Å². The van der Waals surface area contributed by atoms with Crippen LogP contribution in [0.3, 0.4) is 0 Å². The van der Waals surface area contributed by atoms with Crippen LogP contribution in [-0.2, 0) is 12.4 Å². The lowest BCUT2D eigenvalue weighted by atomic mass is 10.2. The molecule has 0 bridgehead atoms. The lowest BCUT2D eigenvalue weighted by Crippen LogP contribution is -2.06. The van der Waals surface area contributed by atoms with Gasteiger partial charge in [0.15, 0.2) is 0 Å². The second-order valence-electron chi connectivity index (χ2n) is 6.54. The van der Waals surface area contributed by atoms with Gasteiger partial charge in [-0.15, -0.1) is 10.2 Å². The van der Waals surface area contributed by atoms with E-state index >= 15 is 0 Å². The van der Waals surface area contributed by atoms with Crippen molar-refractivity contribution < 1.29 is 30.8 Å². The molecule has 0 aliphatic heterocycles. The van der Waals surface area contributed by atoms with Gasteiger partial charge in [-0.2, -0.15) is 26.3 Å². The fraction of sp³-hybridized carbons (Fsp3) is 0.111. The average molecular weight is 438 g/mol. The molecule has 7 nitrogen and oxygen atoms in total. The summed E-state index contributed by atoms with van der Waals surface area (Å²) in [5.41, 5.74) is 1.16. The lowest BCUT2D eigenvalue weighted by Gasteiger charge is -1.99. The van der Waals surface area contributed by atoms with Crippen molar-refractivity contribution in [2.24, 2.45) is 0 Å². The quantitative estimate of drug-likeness (QED) is 0.370. The summed E-state index contributed by atoms with van der Waals surface area (Å²) >= 11 is 0. The number of hydrogen-bond donors (Lipinski definition) is 2. The maximum atomic E-state index is 12.8. The Morgan fingerprint density at radius 3 is 1.45 bits per heavy atom. The van der Waals surface area contributed by atoms with E-state index in [0.717, 1.165) is 0 Å². The fourth-order valence-electron chi connectivity index (χ4n) is 3.01. The molecule has 5 rings (SSSR count). The smallest absolute Gasteiger partial charge is 0.416 e. The second-order valence-corrected chi connectivity index (χ2v) is 6.54. The molecule has 0 amide bonds. The van der Waals surface area contributed by atoms with Crippen LogP contribution in [0, 0.1) is 0 Å². The molecule has 0 unspecified atom stereocenters. The largest absolute Gasteiger partial charge is 0.449 e. The monoisotopic (exact) mass is 438 g/mol. The molecule has 13 heteroatoms. The van der Waals surface area contributed by atoms with Gasteiger partial charge in [0.25, 0.3) is 0 Å². The molecule has 0 saturated heterocycles. The first-order chi connectivity index (χ1) is 14.6. The Bertz CT molecular complexity index is 1320. The van der Waals surface area contributed by atoms with E-state index in [0.29, 0.717) is 11.1 Å². The zero-order valence-corrected chi connectivity index (χ0v) is 14.9. The molecule has 0 atom stereocenters. The third-order valence-electron chi connectivity index (χ3n) is 4.42. The number of fused-ring (bicyclic) bond motifs is 2. The summed E-state index contributed by atoms with van der Waals surface area (Å²) in [7, 11) is 0. The van der Waals surface area contributed by atoms with Crippen LogP contribution in [0.4, 0.5) is 26.3 Å². The molecule has 0 aliphatic rings. The molecule has 0 fully saturated rings. The number of imidazole rings is 2. The van der Waals surface area contributed by atoms with Gasteiger partial charge in [-0.25, -0.2) is 9.97 Å². The first-order valence-electron chi connectivity index (χ1n) is 8.56. The summed E-state index contributed by atoms with van der Waals surface area (Å²) in [4.78, 5) is 11.3. The average Bonchev–Trinajstić information content (AvgIpc) is 3.42. The molecule has 0 aliphatic carbocycles. The molecule has 2 N–H and O–H groups in total. The van der Waals surface area contributed by atoms with Crippen LogP contribution in [0.2, 0.25) is 0 Å². The Balaban J connectivity index is 1.49. The summed E-state index contributed by atoms with van der Waals surface area (Å²) < 4.78 is 82.5. The molecular weight excluding hydrogens is 430 g/mol. The second kappa shape index (κ2) is 6.30. The van der Waals surface area contributed by atoms with Crippen molar-refractivity contribution in [1.82, 2.24) is 30.1 Å². The van der Waals surface area contributed by atoms with Crippen molar-refractivity contribution in [2.75, 3.05) is 0 Å². The van der Waals surface area contributed by atoms with Gasteiger partial charge in [0.1, 0.15) is 0 Å². The molecular formula is C18H8F6N6O. The van der Waals surface area contributed by atoms with Crippen LogP contribution in [0.25, 0.3) is 45.0 Å². The highest BCUT2D eigenvalue weighted by molar-refractivity contribution is 5.82. The Hall–Kier alpha value is -3.90. The van der Waals surface area contributed by atoms with Crippen LogP contribution in [0.1, 0.15) is 11.6 Å². The standard InChI is InChI=1S/C18H8F6N6O/c19-17(20,21)15-25-9-3-1-7(5-11(9)27-15)13-29-30-14(31-13)8-2-4-10-12(6-8)28-16(26-10)18(22,23)24/h1-6H,(H,25,27)(H,26,28). The predicted molar refractivity (Wildman–Crippen MR) is 94.5 cm³/mol. The highest BCUT2D eigenvalue weighted by Crippen LogP contribution is 2.32. The molecule has 0 radical (unpaired) electrons. The Labute approximate surface area is 167 Å². The maximum absolute atomic E-state index is 12.8. The first-order valence-corrected chi connectivity index (χ1v) is 8.56. The maximum Gasteiger partial charge on any atom is 0.449 e. The first kappa shape index (κ1) is 19.1. The summed E-state index contributed by atoms with van der Waals surface area (Å²) in [6, 6.07) is 8.43. The number of nitrogens with zero attached hydrogens (tertiary/aromatic N) is 4. The number of halogens is 6. The molecule has 3 aromatic heterocycles. The third kappa shape index (κ3) is 3.37. The number of H-pyrrole nitrogens is 2. The van der Waals surface area contributed by atoms with Gasteiger partial charge in [-0.1, -0.05) is 0 Å². The van der Waals surface area contributed by atoms with E-state index in [1.165, 1.54) is 36.4 Å². The van der Waals surface area contributed by atoms with Gasteiger partial charge in [-0.3, -0.25) is 0 Å². The van der Waals surface area contributed by atoms with Crippen molar-refractivity contribution in [1.29, 1.82) is 0 Å². The number of benzene rings is 2. The topological polar surface area (TPSA) is 96.3 Å². The Kier molecular flexibility index (Phi) is 3.88. The SMILES string of the molecule is FC(F)(F)c1nc2ccc(-c3nnc(-c4ccc5nc(C(F)(F)F)[nH]c5c4)o3)cc2[nH]1. The minimum atomic E-state index is -4.62. The lowest BCUT2D eigenvalue weighted by molar-refractivity contribution is -0.144. The van der Waals surface area contributed by atoms with Crippen LogP contribution in [0.15, 0.2) is 40.8 Å². The van der Waals surface area contributed by atoms with Crippen LogP contribution < -0.4 is 0 Å². The summed E-state index contributed by atoms with van der Waals surface area (Å²) in [6.07, 6.45) is -9.23. The zero-order chi connectivity index (χ0) is 22.0. The molecule has 5 aromatic rings.